The van der Waals surface area contributed by atoms with E-state index in [1.54, 1.807) is 30.3 Å². The van der Waals surface area contributed by atoms with Crippen LogP contribution in [0.3, 0.4) is 0 Å². The summed E-state index contributed by atoms with van der Waals surface area (Å²) in [5.74, 6) is 0.252. The molecule has 8 nitrogen and oxygen atoms in total. The molecule has 0 unspecified atom stereocenters. The summed E-state index contributed by atoms with van der Waals surface area (Å²) in [6.45, 7) is 0.286. The van der Waals surface area contributed by atoms with Crippen LogP contribution in [0, 0.1) is 0 Å². The third-order valence-corrected chi connectivity index (χ3v) is 4.73. The van der Waals surface area contributed by atoms with Gasteiger partial charge in [0, 0.05) is 41.0 Å². The molecule has 160 valence electrons. The van der Waals surface area contributed by atoms with E-state index >= 15 is 0 Å². The topological polar surface area (TPSA) is 122 Å². The lowest BCUT2D eigenvalue weighted by molar-refractivity contribution is -0.116. The van der Waals surface area contributed by atoms with Gasteiger partial charge in [0.1, 0.15) is 12.1 Å². The average molecular weight is 426 g/mol. The summed E-state index contributed by atoms with van der Waals surface area (Å²) >= 11 is 0. The van der Waals surface area contributed by atoms with Gasteiger partial charge in [0.05, 0.1) is 5.52 Å². The maximum atomic E-state index is 12.4. The average Bonchev–Trinajstić information content (AvgIpc) is 2.81. The van der Waals surface area contributed by atoms with Gasteiger partial charge < -0.3 is 21.7 Å². The van der Waals surface area contributed by atoms with E-state index in [1.807, 2.05) is 42.5 Å². The zero-order valence-corrected chi connectivity index (χ0v) is 17.2. The Morgan fingerprint density at radius 2 is 1.56 bits per heavy atom. The highest BCUT2D eigenvalue weighted by Gasteiger charge is 2.09. The number of nitrogens with two attached hydrogens (primary N) is 1. The molecule has 0 spiro atoms. The van der Waals surface area contributed by atoms with Crippen LogP contribution in [0.25, 0.3) is 10.9 Å². The number of hydrogen-bond donors (Lipinski definition) is 4. The van der Waals surface area contributed by atoms with Gasteiger partial charge in [-0.15, -0.1) is 0 Å². The molecule has 8 heteroatoms. The van der Waals surface area contributed by atoms with Gasteiger partial charge in [-0.3, -0.25) is 9.59 Å². The predicted molar refractivity (Wildman–Crippen MR) is 126 cm³/mol. The maximum absolute atomic E-state index is 12.4. The third-order valence-electron chi connectivity index (χ3n) is 4.73. The first-order chi connectivity index (χ1) is 15.6. The van der Waals surface area contributed by atoms with Gasteiger partial charge in [-0.2, -0.15) is 0 Å². The summed E-state index contributed by atoms with van der Waals surface area (Å²) in [5.41, 5.74) is 8.85. The molecule has 4 aromatic rings. The number of fused-ring (bicyclic) bond motifs is 1. The lowest BCUT2D eigenvalue weighted by Gasteiger charge is -2.11. The maximum Gasteiger partial charge on any atom is 0.255 e. The highest BCUT2D eigenvalue weighted by Crippen LogP contribution is 2.26. The standard InChI is InChI=1S/C24H22N6O2/c25-13-12-22(31)28-19-10-11-21-20(14-19)23(27-15-26-21)29-18-8-6-16(7-9-18)24(32)30-17-4-2-1-3-5-17/h1-11,14-15H,12-13,25H2,(H,28,31)(H,30,32)(H,26,27,29). The summed E-state index contributed by atoms with van der Waals surface area (Å²) in [5, 5.41) is 9.69. The smallest absolute Gasteiger partial charge is 0.255 e. The second-order valence-electron chi connectivity index (χ2n) is 7.06. The molecule has 0 bridgehead atoms. The van der Waals surface area contributed by atoms with Crippen molar-refractivity contribution in [1.29, 1.82) is 0 Å². The van der Waals surface area contributed by atoms with Crippen LogP contribution in [0.4, 0.5) is 22.9 Å². The molecule has 2 amide bonds. The molecule has 0 aliphatic carbocycles. The molecule has 0 radical (unpaired) electrons. The largest absolute Gasteiger partial charge is 0.340 e. The Balaban J connectivity index is 1.51. The summed E-state index contributed by atoms with van der Waals surface area (Å²) < 4.78 is 0. The number of nitrogens with zero attached hydrogens (tertiary/aromatic N) is 2. The number of hydrogen-bond acceptors (Lipinski definition) is 6. The van der Waals surface area contributed by atoms with Crippen molar-refractivity contribution in [2.24, 2.45) is 5.73 Å². The Hall–Kier alpha value is -4.30. The van der Waals surface area contributed by atoms with Crippen LogP contribution < -0.4 is 21.7 Å². The molecular weight excluding hydrogens is 404 g/mol. The molecule has 0 aliphatic rings. The molecule has 3 aromatic carbocycles. The van der Waals surface area contributed by atoms with Gasteiger partial charge in [0.2, 0.25) is 5.91 Å². The van der Waals surface area contributed by atoms with Gasteiger partial charge in [-0.05, 0) is 54.6 Å². The van der Waals surface area contributed by atoms with Gasteiger partial charge in [-0.25, -0.2) is 9.97 Å². The molecule has 0 aliphatic heterocycles. The molecule has 1 aromatic heterocycles. The number of rotatable bonds is 7. The van der Waals surface area contributed by atoms with Gasteiger partial charge in [0.25, 0.3) is 5.91 Å². The first kappa shape index (κ1) is 21.0. The first-order valence-corrected chi connectivity index (χ1v) is 10.1. The molecule has 0 saturated carbocycles. The third kappa shape index (κ3) is 5.05. The molecule has 0 saturated heterocycles. The number of anilines is 4. The van der Waals surface area contributed by atoms with E-state index in [0.717, 1.165) is 22.3 Å². The number of carbonyl (C=O) groups is 2. The number of benzene rings is 3. The van der Waals surface area contributed by atoms with E-state index in [0.29, 0.717) is 17.1 Å². The Bertz CT molecular complexity index is 1240. The van der Waals surface area contributed by atoms with Gasteiger partial charge >= 0.3 is 0 Å². The summed E-state index contributed by atoms with van der Waals surface area (Å²) in [4.78, 5) is 32.9. The van der Waals surface area contributed by atoms with Crippen LogP contribution in [0.2, 0.25) is 0 Å². The Morgan fingerprint density at radius 1 is 0.812 bits per heavy atom. The van der Waals surface area contributed by atoms with Crippen molar-refractivity contribution < 1.29 is 9.59 Å². The number of amides is 2. The number of aromatic nitrogens is 2. The minimum Gasteiger partial charge on any atom is -0.340 e. The zero-order valence-electron chi connectivity index (χ0n) is 17.2. The number of para-hydroxylation sites is 1. The Kier molecular flexibility index (Phi) is 6.33. The van der Waals surface area contributed by atoms with Gasteiger partial charge in [0.15, 0.2) is 0 Å². The molecule has 32 heavy (non-hydrogen) atoms. The second kappa shape index (κ2) is 9.67. The Labute approximate surface area is 184 Å². The van der Waals surface area contributed by atoms with Crippen molar-refractivity contribution in [3.63, 3.8) is 0 Å². The molecule has 5 N–H and O–H groups in total. The fourth-order valence-corrected chi connectivity index (χ4v) is 3.15. The van der Waals surface area contributed by atoms with E-state index in [-0.39, 0.29) is 24.8 Å². The quantitative estimate of drug-likeness (QED) is 0.355. The molecular formula is C24H22N6O2. The van der Waals surface area contributed by atoms with Gasteiger partial charge in [-0.1, -0.05) is 18.2 Å². The van der Waals surface area contributed by atoms with Crippen LogP contribution >= 0.6 is 0 Å². The predicted octanol–water partition coefficient (Wildman–Crippen LogP) is 3.91. The van der Waals surface area contributed by atoms with Crippen molar-refractivity contribution in [2.45, 2.75) is 6.42 Å². The zero-order chi connectivity index (χ0) is 22.3. The second-order valence-corrected chi connectivity index (χ2v) is 7.06. The summed E-state index contributed by atoms with van der Waals surface area (Å²) in [6, 6.07) is 21.8. The highest BCUT2D eigenvalue weighted by molar-refractivity contribution is 6.04. The first-order valence-electron chi connectivity index (χ1n) is 10.1. The SMILES string of the molecule is NCCC(=O)Nc1ccc2ncnc(Nc3ccc(C(=O)Nc4ccccc4)cc3)c2c1. The molecule has 0 fully saturated rings. The van der Waals surface area contributed by atoms with Crippen LogP contribution in [0.15, 0.2) is 79.1 Å². The van der Waals surface area contributed by atoms with Crippen molar-refractivity contribution in [1.82, 2.24) is 9.97 Å². The van der Waals surface area contributed by atoms with Crippen molar-refractivity contribution >= 4 is 45.6 Å². The van der Waals surface area contributed by atoms with E-state index in [1.165, 1.54) is 6.33 Å². The fourth-order valence-electron chi connectivity index (χ4n) is 3.15. The fraction of sp³-hybridized carbons (Fsp3) is 0.0833. The minimum atomic E-state index is -0.187. The normalized spacial score (nSPS) is 10.5. The number of nitrogens with one attached hydrogen (secondary N) is 3. The lowest BCUT2D eigenvalue weighted by Crippen LogP contribution is -2.16. The van der Waals surface area contributed by atoms with E-state index < -0.39 is 0 Å². The van der Waals surface area contributed by atoms with Crippen LogP contribution in [0.5, 0.6) is 0 Å². The minimum absolute atomic E-state index is 0.150. The Morgan fingerprint density at radius 3 is 2.31 bits per heavy atom. The van der Waals surface area contributed by atoms with Crippen LogP contribution in [0.1, 0.15) is 16.8 Å². The highest BCUT2D eigenvalue weighted by atomic mass is 16.2. The van der Waals surface area contributed by atoms with Crippen LogP contribution in [-0.4, -0.2) is 28.3 Å². The van der Waals surface area contributed by atoms with Crippen molar-refractivity contribution in [3.8, 4) is 0 Å². The van der Waals surface area contributed by atoms with Crippen molar-refractivity contribution in [3.05, 3.63) is 84.7 Å². The van der Waals surface area contributed by atoms with E-state index in [4.69, 9.17) is 5.73 Å². The molecule has 0 atom stereocenters. The monoisotopic (exact) mass is 426 g/mol. The van der Waals surface area contributed by atoms with Crippen molar-refractivity contribution in [2.75, 3.05) is 22.5 Å². The molecule has 1 heterocycles. The van der Waals surface area contributed by atoms with E-state index in [2.05, 4.69) is 25.9 Å². The van der Waals surface area contributed by atoms with Crippen LogP contribution in [-0.2, 0) is 4.79 Å². The van der Waals surface area contributed by atoms with E-state index in [9.17, 15) is 9.59 Å². The lowest BCUT2D eigenvalue weighted by atomic mass is 10.1. The summed E-state index contributed by atoms with van der Waals surface area (Å²) in [6.07, 6.45) is 1.72. The molecule has 4 rings (SSSR count). The summed E-state index contributed by atoms with van der Waals surface area (Å²) in [7, 11) is 0. The number of carbonyl (C=O) groups excluding carboxylic acids is 2.